The SMILES string of the molecule is COc1cccc(Oc2nc(N3CCCCC3)nc3c2CN(C(=O)c2ccccc2C)CC3)c1. The van der Waals surface area contributed by atoms with Crippen LogP contribution in [0.15, 0.2) is 48.5 Å². The monoisotopic (exact) mass is 458 g/mol. The van der Waals surface area contributed by atoms with Gasteiger partial charge in [0.1, 0.15) is 11.5 Å². The van der Waals surface area contributed by atoms with Gasteiger partial charge in [-0.05, 0) is 49.9 Å². The molecule has 0 unspecified atom stereocenters. The Hall–Kier alpha value is -3.61. The summed E-state index contributed by atoms with van der Waals surface area (Å²) in [5.74, 6) is 2.62. The number of benzene rings is 2. The van der Waals surface area contributed by atoms with Crippen molar-refractivity contribution >= 4 is 11.9 Å². The first kappa shape index (κ1) is 22.2. The van der Waals surface area contributed by atoms with Gasteiger partial charge in [0, 0.05) is 37.7 Å². The van der Waals surface area contributed by atoms with E-state index in [4.69, 9.17) is 19.4 Å². The highest BCUT2D eigenvalue weighted by Gasteiger charge is 2.29. The van der Waals surface area contributed by atoms with Crippen LogP contribution in [-0.2, 0) is 13.0 Å². The van der Waals surface area contributed by atoms with Crippen LogP contribution in [0.1, 0.15) is 46.4 Å². The third-order valence-corrected chi connectivity index (χ3v) is 6.57. The molecule has 0 spiro atoms. The lowest BCUT2D eigenvalue weighted by Gasteiger charge is -2.32. The van der Waals surface area contributed by atoms with Crippen molar-refractivity contribution in [2.45, 2.75) is 39.2 Å². The molecule has 34 heavy (non-hydrogen) atoms. The van der Waals surface area contributed by atoms with Crippen molar-refractivity contribution in [2.24, 2.45) is 0 Å². The molecule has 5 rings (SSSR count). The lowest BCUT2D eigenvalue weighted by Crippen LogP contribution is -2.38. The fourth-order valence-corrected chi connectivity index (χ4v) is 4.62. The summed E-state index contributed by atoms with van der Waals surface area (Å²) in [5, 5.41) is 0. The fourth-order valence-electron chi connectivity index (χ4n) is 4.62. The van der Waals surface area contributed by atoms with E-state index in [0.29, 0.717) is 36.9 Å². The summed E-state index contributed by atoms with van der Waals surface area (Å²) in [6.07, 6.45) is 4.20. The van der Waals surface area contributed by atoms with Crippen LogP contribution >= 0.6 is 0 Å². The molecule has 0 bridgehead atoms. The van der Waals surface area contributed by atoms with Gasteiger partial charge in [0.05, 0.1) is 24.9 Å². The zero-order valence-electron chi connectivity index (χ0n) is 19.8. The van der Waals surface area contributed by atoms with Crippen molar-refractivity contribution in [3.05, 3.63) is 70.9 Å². The Morgan fingerprint density at radius 2 is 1.74 bits per heavy atom. The third kappa shape index (κ3) is 4.55. The number of aromatic nitrogens is 2. The normalized spacial score (nSPS) is 15.6. The molecule has 0 aliphatic carbocycles. The van der Waals surface area contributed by atoms with Gasteiger partial charge in [-0.25, -0.2) is 4.98 Å². The predicted molar refractivity (Wildman–Crippen MR) is 131 cm³/mol. The summed E-state index contributed by atoms with van der Waals surface area (Å²) < 4.78 is 11.7. The second kappa shape index (κ2) is 9.71. The molecule has 7 heteroatoms. The van der Waals surface area contributed by atoms with Crippen molar-refractivity contribution in [2.75, 3.05) is 31.6 Å². The van der Waals surface area contributed by atoms with E-state index in [-0.39, 0.29) is 5.91 Å². The molecule has 2 aromatic carbocycles. The molecule has 1 aromatic heterocycles. The van der Waals surface area contributed by atoms with Gasteiger partial charge in [-0.2, -0.15) is 4.98 Å². The highest BCUT2D eigenvalue weighted by Crippen LogP contribution is 2.33. The number of ether oxygens (including phenoxy) is 2. The minimum atomic E-state index is 0.0242. The van der Waals surface area contributed by atoms with Gasteiger partial charge in [-0.1, -0.05) is 24.3 Å². The molecule has 0 atom stereocenters. The number of nitrogens with zero attached hydrogens (tertiary/aromatic N) is 4. The van der Waals surface area contributed by atoms with Crippen LogP contribution in [0.5, 0.6) is 17.4 Å². The number of hydrogen-bond acceptors (Lipinski definition) is 6. The molecule has 2 aliphatic rings. The Bertz CT molecular complexity index is 1190. The lowest BCUT2D eigenvalue weighted by molar-refractivity contribution is 0.0731. The van der Waals surface area contributed by atoms with Crippen LogP contribution in [0.4, 0.5) is 5.95 Å². The van der Waals surface area contributed by atoms with Crippen LogP contribution in [0.25, 0.3) is 0 Å². The first-order chi connectivity index (χ1) is 16.6. The number of fused-ring (bicyclic) bond motifs is 1. The number of methoxy groups -OCH3 is 1. The van der Waals surface area contributed by atoms with Gasteiger partial charge in [0.15, 0.2) is 0 Å². The average molecular weight is 459 g/mol. The summed E-state index contributed by atoms with van der Waals surface area (Å²) in [6.45, 7) is 4.92. The third-order valence-electron chi connectivity index (χ3n) is 6.57. The van der Waals surface area contributed by atoms with Crippen molar-refractivity contribution in [3.8, 4) is 17.4 Å². The molecule has 7 nitrogen and oxygen atoms in total. The molecule has 1 fully saturated rings. The largest absolute Gasteiger partial charge is 0.497 e. The van der Waals surface area contributed by atoms with E-state index >= 15 is 0 Å². The predicted octanol–water partition coefficient (Wildman–Crippen LogP) is 4.77. The first-order valence-electron chi connectivity index (χ1n) is 11.9. The Kier molecular flexibility index (Phi) is 6.34. The Morgan fingerprint density at radius 1 is 0.941 bits per heavy atom. The van der Waals surface area contributed by atoms with Gasteiger partial charge in [0.2, 0.25) is 11.8 Å². The van der Waals surface area contributed by atoms with E-state index in [1.54, 1.807) is 7.11 Å². The molecular formula is C27H30N4O3. The van der Waals surface area contributed by atoms with E-state index in [0.717, 1.165) is 54.3 Å². The number of hydrogen-bond donors (Lipinski definition) is 0. The van der Waals surface area contributed by atoms with E-state index in [1.165, 1.54) is 6.42 Å². The smallest absolute Gasteiger partial charge is 0.254 e. The second-order valence-electron chi connectivity index (χ2n) is 8.87. The highest BCUT2D eigenvalue weighted by atomic mass is 16.5. The van der Waals surface area contributed by atoms with E-state index < -0.39 is 0 Å². The molecule has 3 aromatic rings. The average Bonchev–Trinajstić information content (AvgIpc) is 2.89. The Balaban J connectivity index is 1.49. The van der Waals surface area contributed by atoms with Crippen LogP contribution in [0.3, 0.4) is 0 Å². The topological polar surface area (TPSA) is 67.8 Å². The van der Waals surface area contributed by atoms with Crippen molar-refractivity contribution in [1.29, 1.82) is 0 Å². The molecule has 0 radical (unpaired) electrons. The molecule has 1 saturated heterocycles. The van der Waals surface area contributed by atoms with Crippen LogP contribution < -0.4 is 14.4 Å². The maximum atomic E-state index is 13.3. The molecule has 0 N–H and O–H groups in total. The number of anilines is 1. The number of carbonyl (C=O) groups is 1. The molecule has 1 amide bonds. The first-order valence-corrected chi connectivity index (χ1v) is 11.9. The quantitative estimate of drug-likeness (QED) is 0.548. The molecular weight excluding hydrogens is 428 g/mol. The summed E-state index contributed by atoms with van der Waals surface area (Å²) >= 11 is 0. The minimum Gasteiger partial charge on any atom is -0.497 e. The highest BCUT2D eigenvalue weighted by molar-refractivity contribution is 5.95. The number of piperidine rings is 1. The second-order valence-corrected chi connectivity index (χ2v) is 8.87. The van der Waals surface area contributed by atoms with Gasteiger partial charge in [-0.15, -0.1) is 0 Å². The van der Waals surface area contributed by atoms with Crippen molar-refractivity contribution in [1.82, 2.24) is 14.9 Å². The Labute approximate surface area is 200 Å². The number of aryl methyl sites for hydroxylation is 1. The minimum absolute atomic E-state index is 0.0242. The summed E-state index contributed by atoms with van der Waals surface area (Å²) in [4.78, 5) is 27.2. The van der Waals surface area contributed by atoms with Crippen molar-refractivity contribution < 1.29 is 14.3 Å². The molecule has 0 saturated carbocycles. The van der Waals surface area contributed by atoms with E-state index in [2.05, 4.69) is 4.90 Å². The standard InChI is InChI=1S/C27H30N4O3/c1-19-9-4-5-12-22(19)26(32)31-16-13-24-23(18-31)25(34-21-11-8-10-20(17-21)33-2)29-27(28-24)30-14-6-3-7-15-30/h4-5,8-12,17H,3,6-7,13-16,18H2,1-2H3. The summed E-state index contributed by atoms with van der Waals surface area (Å²) in [5.41, 5.74) is 3.54. The van der Waals surface area contributed by atoms with E-state index in [1.807, 2.05) is 60.4 Å². The molecule has 176 valence electrons. The number of rotatable bonds is 5. The zero-order valence-corrected chi connectivity index (χ0v) is 19.8. The number of amides is 1. The van der Waals surface area contributed by atoms with Crippen LogP contribution in [0.2, 0.25) is 0 Å². The fraction of sp³-hybridized carbons (Fsp3) is 0.370. The maximum Gasteiger partial charge on any atom is 0.254 e. The summed E-state index contributed by atoms with van der Waals surface area (Å²) in [7, 11) is 1.63. The zero-order chi connectivity index (χ0) is 23.5. The lowest BCUT2D eigenvalue weighted by atomic mass is 10.0. The van der Waals surface area contributed by atoms with Gasteiger partial charge in [0.25, 0.3) is 5.91 Å². The van der Waals surface area contributed by atoms with Crippen molar-refractivity contribution in [3.63, 3.8) is 0 Å². The Morgan fingerprint density at radius 3 is 2.53 bits per heavy atom. The summed E-state index contributed by atoms with van der Waals surface area (Å²) in [6, 6.07) is 15.2. The van der Waals surface area contributed by atoms with E-state index in [9.17, 15) is 4.79 Å². The maximum absolute atomic E-state index is 13.3. The van der Waals surface area contributed by atoms with Gasteiger partial charge >= 0.3 is 0 Å². The van der Waals surface area contributed by atoms with Gasteiger partial charge in [-0.3, -0.25) is 4.79 Å². The number of carbonyl (C=O) groups excluding carboxylic acids is 1. The van der Waals surface area contributed by atoms with Gasteiger partial charge < -0.3 is 19.3 Å². The van der Waals surface area contributed by atoms with Crippen LogP contribution in [0, 0.1) is 6.92 Å². The molecule has 3 heterocycles. The molecule has 2 aliphatic heterocycles. The van der Waals surface area contributed by atoms with Crippen LogP contribution in [-0.4, -0.2) is 47.5 Å².